The Morgan fingerprint density at radius 3 is 2.71 bits per heavy atom. The fourth-order valence-corrected chi connectivity index (χ4v) is 3.06. The second kappa shape index (κ2) is 7.00. The van der Waals surface area contributed by atoms with Crippen LogP contribution in [-0.4, -0.2) is 31.7 Å². The number of nitrogens with zero attached hydrogens (tertiary/aromatic N) is 4. The number of aryl methyl sites for hydroxylation is 2. The first kappa shape index (κ1) is 16.4. The van der Waals surface area contributed by atoms with Gasteiger partial charge in [-0.15, -0.1) is 11.8 Å². The summed E-state index contributed by atoms with van der Waals surface area (Å²) in [5.74, 6) is 0.580. The zero-order valence-corrected chi connectivity index (χ0v) is 14.7. The van der Waals surface area contributed by atoms with Crippen LogP contribution in [0.3, 0.4) is 0 Å². The second-order valence-electron chi connectivity index (χ2n) is 5.51. The Bertz CT molecular complexity index is 873. The van der Waals surface area contributed by atoms with Gasteiger partial charge in [0.2, 0.25) is 5.91 Å². The summed E-state index contributed by atoms with van der Waals surface area (Å²) >= 11 is 1.68. The van der Waals surface area contributed by atoms with Crippen molar-refractivity contribution in [3.8, 4) is 0 Å². The maximum Gasteiger partial charge on any atom is 0.252 e. The molecule has 0 bridgehead atoms. The van der Waals surface area contributed by atoms with Gasteiger partial charge in [0, 0.05) is 28.4 Å². The molecule has 24 heavy (non-hydrogen) atoms. The Kier molecular flexibility index (Phi) is 4.80. The number of carbonyl (C=O) groups excluding carboxylic acids is 1. The van der Waals surface area contributed by atoms with Crippen LogP contribution >= 0.6 is 11.8 Å². The van der Waals surface area contributed by atoms with Crippen LogP contribution in [0, 0.1) is 13.8 Å². The third-order valence-corrected chi connectivity index (χ3v) is 4.71. The minimum Gasteiger partial charge on any atom is -0.326 e. The highest BCUT2D eigenvalue weighted by molar-refractivity contribution is 7.98. The summed E-state index contributed by atoms with van der Waals surface area (Å²) in [5.41, 5.74) is 3.73. The average molecular weight is 341 g/mol. The molecule has 2 heterocycles. The number of thioether (sulfide) groups is 1. The second-order valence-corrected chi connectivity index (χ2v) is 6.39. The monoisotopic (exact) mass is 341 g/mol. The van der Waals surface area contributed by atoms with Crippen molar-refractivity contribution in [3.05, 3.63) is 47.5 Å². The lowest BCUT2D eigenvalue weighted by atomic mass is 10.1. The van der Waals surface area contributed by atoms with E-state index in [-0.39, 0.29) is 5.91 Å². The largest absolute Gasteiger partial charge is 0.326 e. The van der Waals surface area contributed by atoms with E-state index in [1.165, 1.54) is 11.2 Å². The van der Waals surface area contributed by atoms with Gasteiger partial charge in [-0.2, -0.15) is 10.1 Å². The number of benzene rings is 1. The lowest BCUT2D eigenvalue weighted by Gasteiger charge is -2.10. The van der Waals surface area contributed by atoms with Crippen molar-refractivity contribution in [1.29, 1.82) is 0 Å². The van der Waals surface area contributed by atoms with Crippen molar-refractivity contribution in [2.45, 2.75) is 31.6 Å². The summed E-state index contributed by atoms with van der Waals surface area (Å²) in [5, 5.41) is 7.10. The van der Waals surface area contributed by atoms with Crippen LogP contribution in [0.5, 0.6) is 0 Å². The van der Waals surface area contributed by atoms with Crippen molar-refractivity contribution >= 4 is 29.1 Å². The molecule has 6 nitrogen and oxygen atoms in total. The molecule has 0 spiro atoms. The van der Waals surface area contributed by atoms with Crippen molar-refractivity contribution in [1.82, 2.24) is 19.6 Å². The van der Waals surface area contributed by atoms with E-state index in [9.17, 15) is 4.79 Å². The van der Waals surface area contributed by atoms with E-state index in [2.05, 4.69) is 20.4 Å². The fourth-order valence-electron chi connectivity index (χ4n) is 2.65. The molecule has 2 aromatic heterocycles. The first-order valence-corrected chi connectivity index (χ1v) is 8.90. The van der Waals surface area contributed by atoms with Crippen molar-refractivity contribution in [3.63, 3.8) is 0 Å². The van der Waals surface area contributed by atoms with E-state index >= 15 is 0 Å². The molecular formula is C17H19N5OS. The summed E-state index contributed by atoms with van der Waals surface area (Å²) in [7, 11) is 0. The highest BCUT2D eigenvalue weighted by Gasteiger charge is 2.12. The molecule has 1 aromatic carbocycles. The van der Waals surface area contributed by atoms with Gasteiger partial charge < -0.3 is 5.32 Å². The molecule has 0 radical (unpaired) electrons. The van der Waals surface area contributed by atoms with Crippen molar-refractivity contribution in [2.75, 3.05) is 11.6 Å². The van der Waals surface area contributed by atoms with Crippen LogP contribution in [-0.2, 0) is 11.2 Å². The van der Waals surface area contributed by atoms with E-state index in [4.69, 9.17) is 0 Å². The van der Waals surface area contributed by atoms with Crippen LogP contribution in [0.1, 0.15) is 23.4 Å². The van der Waals surface area contributed by atoms with Crippen molar-refractivity contribution in [2.24, 2.45) is 0 Å². The summed E-state index contributed by atoms with van der Waals surface area (Å²) in [6, 6.07) is 7.83. The van der Waals surface area contributed by atoms with Gasteiger partial charge in [-0.05, 0) is 56.4 Å². The predicted molar refractivity (Wildman–Crippen MR) is 95.4 cm³/mol. The maximum atomic E-state index is 12.2. The van der Waals surface area contributed by atoms with E-state index in [0.717, 1.165) is 22.6 Å². The topological polar surface area (TPSA) is 72.2 Å². The van der Waals surface area contributed by atoms with Crippen LogP contribution in [0.25, 0.3) is 5.78 Å². The van der Waals surface area contributed by atoms with Crippen LogP contribution < -0.4 is 5.32 Å². The zero-order valence-electron chi connectivity index (χ0n) is 13.9. The van der Waals surface area contributed by atoms with Gasteiger partial charge in [0.15, 0.2) is 0 Å². The van der Waals surface area contributed by atoms with Crippen LogP contribution in [0.15, 0.2) is 35.5 Å². The van der Waals surface area contributed by atoms with Gasteiger partial charge in [0.05, 0.1) is 0 Å². The quantitative estimate of drug-likeness (QED) is 0.722. The number of hydrogen-bond acceptors (Lipinski definition) is 5. The van der Waals surface area contributed by atoms with Crippen molar-refractivity contribution < 1.29 is 4.79 Å². The number of nitrogens with one attached hydrogen (secondary N) is 1. The Labute approximate surface area is 144 Å². The number of carbonyl (C=O) groups is 1. The lowest BCUT2D eigenvalue weighted by Crippen LogP contribution is -2.14. The zero-order chi connectivity index (χ0) is 17.1. The fraction of sp³-hybridized carbons (Fsp3) is 0.294. The Morgan fingerprint density at radius 2 is 2.00 bits per heavy atom. The molecule has 0 fully saturated rings. The molecule has 3 rings (SSSR count). The molecule has 0 aliphatic rings. The first-order chi connectivity index (χ1) is 11.6. The molecule has 1 amide bonds. The van der Waals surface area contributed by atoms with Gasteiger partial charge >= 0.3 is 0 Å². The van der Waals surface area contributed by atoms with E-state index in [1.807, 2.05) is 44.4 Å². The SMILES string of the molecule is CSc1ccc(NC(=O)CCc2c(C)nc3ncnn3c2C)cc1. The van der Waals surface area contributed by atoms with Gasteiger partial charge in [-0.1, -0.05) is 0 Å². The summed E-state index contributed by atoms with van der Waals surface area (Å²) in [6.45, 7) is 3.92. The van der Waals surface area contributed by atoms with E-state index in [1.54, 1.807) is 16.3 Å². The number of anilines is 1. The first-order valence-electron chi connectivity index (χ1n) is 7.68. The summed E-state index contributed by atoms with van der Waals surface area (Å²) in [4.78, 5) is 21.9. The molecule has 0 aliphatic carbocycles. The Balaban J connectivity index is 1.67. The number of aromatic nitrogens is 4. The number of hydrogen-bond donors (Lipinski definition) is 1. The highest BCUT2D eigenvalue weighted by atomic mass is 32.2. The molecule has 0 aliphatic heterocycles. The standard InChI is InChI=1S/C17H19N5OS/c1-11-15(12(2)22-17(20-11)18-10-19-22)8-9-16(23)21-13-4-6-14(24-3)7-5-13/h4-7,10H,8-9H2,1-3H3,(H,21,23). The molecule has 124 valence electrons. The number of fused-ring (bicyclic) bond motifs is 1. The van der Waals surface area contributed by atoms with Gasteiger partial charge in [-0.3, -0.25) is 4.79 Å². The highest BCUT2D eigenvalue weighted by Crippen LogP contribution is 2.18. The molecule has 0 saturated carbocycles. The number of rotatable bonds is 5. The average Bonchev–Trinajstić information content (AvgIpc) is 3.04. The minimum atomic E-state index is -0.00983. The summed E-state index contributed by atoms with van der Waals surface area (Å²) < 4.78 is 1.71. The molecule has 0 saturated heterocycles. The Hall–Kier alpha value is -2.41. The molecule has 0 unspecified atom stereocenters. The predicted octanol–water partition coefficient (Wildman–Crippen LogP) is 3.03. The Morgan fingerprint density at radius 1 is 1.25 bits per heavy atom. The smallest absolute Gasteiger partial charge is 0.252 e. The minimum absolute atomic E-state index is 0.00983. The van der Waals surface area contributed by atoms with Gasteiger partial charge in [0.1, 0.15) is 6.33 Å². The molecule has 0 atom stereocenters. The molecule has 1 N–H and O–H groups in total. The normalized spacial score (nSPS) is 11.0. The third-order valence-electron chi connectivity index (χ3n) is 3.96. The van der Waals surface area contributed by atoms with Gasteiger partial charge in [-0.25, -0.2) is 9.50 Å². The van der Waals surface area contributed by atoms with Gasteiger partial charge in [0.25, 0.3) is 5.78 Å². The van der Waals surface area contributed by atoms with E-state index < -0.39 is 0 Å². The third kappa shape index (κ3) is 3.41. The lowest BCUT2D eigenvalue weighted by molar-refractivity contribution is -0.116. The van der Waals surface area contributed by atoms with E-state index in [0.29, 0.717) is 18.6 Å². The van der Waals surface area contributed by atoms with Crippen LogP contribution in [0.2, 0.25) is 0 Å². The molecule has 7 heteroatoms. The number of amides is 1. The molecule has 3 aromatic rings. The summed E-state index contributed by atoms with van der Waals surface area (Å²) in [6.07, 6.45) is 4.53. The maximum absolute atomic E-state index is 12.2. The molecular weight excluding hydrogens is 322 g/mol. The van der Waals surface area contributed by atoms with Crippen LogP contribution in [0.4, 0.5) is 5.69 Å².